The highest BCUT2D eigenvalue weighted by Gasteiger charge is 2.17. The summed E-state index contributed by atoms with van der Waals surface area (Å²) in [7, 11) is 0. The van der Waals surface area contributed by atoms with Crippen LogP contribution in [0.5, 0.6) is 0 Å². The first-order valence-electron chi connectivity index (χ1n) is 8.30. The van der Waals surface area contributed by atoms with Crippen LogP contribution in [-0.4, -0.2) is 40.1 Å². The van der Waals surface area contributed by atoms with Crippen LogP contribution in [0, 0.1) is 26.2 Å². The molecule has 6 heteroatoms. The molecule has 1 aromatic heterocycles. The van der Waals surface area contributed by atoms with E-state index >= 15 is 0 Å². The minimum absolute atomic E-state index is 0.556. The van der Waals surface area contributed by atoms with Crippen LogP contribution in [0.15, 0.2) is 29.4 Å². The highest BCUT2D eigenvalue weighted by atomic mass is 16.1. The molecule has 1 aromatic carbocycles. The quantitative estimate of drug-likeness (QED) is 0.405. The largest absolute Gasteiger partial charge is 0.342 e. The minimum Gasteiger partial charge on any atom is -0.342 e. The third-order valence-electron chi connectivity index (χ3n) is 4.29. The summed E-state index contributed by atoms with van der Waals surface area (Å²) >= 11 is 0. The van der Waals surface area contributed by atoms with Gasteiger partial charge in [0.2, 0.25) is 12.4 Å². The van der Waals surface area contributed by atoms with Gasteiger partial charge in [-0.05, 0) is 50.5 Å². The summed E-state index contributed by atoms with van der Waals surface area (Å²) in [5.74, 6) is 3.79. The lowest BCUT2D eigenvalue weighted by atomic mass is 10.1. The number of nitrogens with zero attached hydrogens (tertiary/aromatic N) is 4. The van der Waals surface area contributed by atoms with Crippen molar-refractivity contribution < 1.29 is 4.79 Å². The molecule has 0 unspecified atom stereocenters. The van der Waals surface area contributed by atoms with Crippen LogP contribution in [0.3, 0.4) is 0 Å². The van der Waals surface area contributed by atoms with Gasteiger partial charge in [-0.1, -0.05) is 5.92 Å². The number of guanidine groups is 1. The van der Waals surface area contributed by atoms with E-state index in [1.54, 1.807) is 4.68 Å². The summed E-state index contributed by atoms with van der Waals surface area (Å²) in [5, 5.41) is 7.28. The van der Waals surface area contributed by atoms with E-state index in [0.717, 1.165) is 48.3 Å². The number of likely N-dealkylation sites (tertiary alicyclic amines) is 1. The van der Waals surface area contributed by atoms with Crippen molar-refractivity contribution in [2.45, 2.75) is 26.7 Å². The van der Waals surface area contributed by atoms with Gasteiger partial charge in [0, 0.05) is 30.4 Å². The molecule has 0 atom stereocenters. The second kappa shape index (κ2) is 7.22. The number of carbonyl (C=O) groups excluding carboxylic acids is 1. The van der Waals surface area contributed by atoms with Crippen molar-refractivity contribution in [3.8, 4) is 18.0 Å². The summed E-state index contributed by atoms with van der Waals surface area (Å²) in [5.41, 5.74) is 3.77. The van der Waals surface area contributed by atoms with Gasteiger partial charge < -0.3 is 4.90 Å². The number of aliphatic imine (C=N–C) groups is 1. The Morgan fingerprint density at radius 1 is 1.32 bits per heavy atom. The fourth-order valence-corrected chi connectivity index (χ4v) is 2.96. The van der Waals surface area contributed by atoms with Crippen LogP contribution in [0.4, 0.5) is 5.82 Å². The minimum atomic E-state index is 0.556. The lowest BCUT2D eigenvalue weighted by molar-refractivity contribution is -0.108. The van der Waals surface area contributed by atoms with Crippen molar-refractivity contribution in [1.29, 1.82) is 0 Å². The van der Waals surface area contributed by atoms with Gasteiger partial charge in [-0.15, -0.1) is 11.5 Å². The molecule has 0 aliphatic carbocycles. The second-order valence-corrected chi connectivity index (χ2v) is 6.12. The van der Waals surface area contributed by atoms with E-state index < -0.39 is 0 Å². The zero-order valence-electron chi connectivity index (χ0n) is 14.5. The van der Waals surface area contributed by atoms with E-state index in [9.17, 15) is 4.79 Å². The van der Waals surface area contributed by atoms with E-state index in [4.69, 9.17) is 6.42 Å². The summed E-state index contributed by atoms with van der Waals surface area (Å²) < 4.78 is 1.80. The third-order valence-corrected chi connectivity index (χ3v) is 4.29. The number of terminal acetylenes is 1. The Bertz CT molecular complexity index is 853. The molecule has 3 rings (SSSR count). The molecule has 0 bridgehead atoms. The fourth-order valence-electron chi connectivity index (χ4n) is 2.96. The lowest BCUT2D eigenvalue weighted by Crippen LogP contribution is -2.38. The molecule has 0 radical (unpaired) electrons. The number of aryl methyl sites for hydroxylation is 2. The van der Waals surface area contributed by atoms with Gasteiger partial charge in [-0.2, -0.15) is 4.99 Å². The molecule has 1 aliphatic rings. The molecule has 1 fully saturated rings. The Labute approximate surface area is 147 Å². The van der Waals surface area contributed by atoms with Crippen molar-refractivity contribution >= 4 is 18.2 Å². The van der Waals surface area contributed by atoms with Crippen molar-refractivity contribution in [2.24, 2.45) is 4.99 Å². The number of amides is 1. The second-order valence-electron chi connectivity index (χ2n) is 6.12. The van der Waals surface area contributed by atoms with Gasteiger partial charge in [0.05, 0.1) is 5.69 Å². The van der Waals surface area contributed by atoms with Crippen LogP contribution in [-0.2, 0) is 4.79 Å². The van der Waals surface area contributed by atoms with E-state index in [1.807, 2.05) is 38.2 Å². The van der Waals surface area contributed by atoms with Gasteiger partial charge in [0.25, 0.3) is 0 Å². The van der Waals surface area contributed by atoms with E-state index in [0.29, 0.717) is 18.2 Å². The van der Waals surface area contributed by atoms with Crippen LogP contribution in [0.1, 0.15) is 29.5 Å². The summed E-state index contributed by atoms with van der Waals surface area (Å²) in [6, 6.07) is 5.81. The smallest absolute Gasteiger partial charge is 0.213 e. The number of hydrogen-bond acceptors (Lipinski definition) is 3. The van der Waals surface area contributed by atoms with Gasteiger partial charge in [0.15, 0.2) is 5.82 Å². The number of hydrogen-bond donors (Lipinski definition) is 1. The number of benzene rings is 1. The monoisotopic (exact) mass is 335 g/mol. The number of nitrogens with one attached hydrogen (secondary N) is 1. The van der Waals surface area contributed by atoms with E-state index in [-0.39, 0.29) is 0 Å². The number of carbonyl (C=O) groups is 1. The highest BCUT2D eigenvalue weighted by molar-refractivity contribution is 5.90. The predicted molar refractivity (Wildman–Crippen MR) is 98.1 cm³/mol. The van der Waals surface area contributed by atoms with E-state index in [1.165, 1.54) is 0 Å². The van der Waals surface area contributed by atoms with Crippen molar-refractivity contribution in [3.05, 3.63) is 41.1 Å². The zero-order valence-corrected chi connectivity index (χ0v) is 14.5. The molecule has 0 spiro atoms. The summed E-state index contributed by atoms with van der Waals surface area (Å²) in [4.78, 5) is 17.6. The first-order valence-corrected chi connectivity index (χ1v) is 8.30. The highest BCUT2D eigenvalue weighted by Crippen LogP contribution is 2.22. The molecule has 25 heavy (non-hydrogen) atoms. The molecule has 1 amide bonds. The van der Waals surface area contributed by atoms with Gasteiger partial charge in [-0.3, -0.25) is 10.1 Å². The molecular weight excluding hydrogens is 314 g/mol. The van der Waals surface area contributed by atoms with E-state index in [2.05, 4.69) is 26.2 Å². The Morgan fingerprint density at radius 2 is 2.08 bits per heavy atom. The molecule has 6 nitrogen and oxygen atoms in total. The Morgan fingerprint density at radius 3 is 2.72 bits per heavy atom. The molecule has 1 N–H and O–H groups in total. The van der Waals surface area contributed by atoms with Crippen LogP contribution in [0.25, 0.3) is 5.69 Å². The lowest BCUT2D eigenvalue weighted by Gasteiger charge is -2.18. The molecule has 1 aliphatic heterocycles. The third kappa shape index (κ3) is 3.56. The van der Waals surface area contributed by atoms with Crippen LogP contribution in [0.2, 0.25) is 0 Å². The van der Waals surface area contributed by atoms with Crippen molar-refractivity contribution in [2.75, 3.05) is 13.1 Å². The average Bonchev–Trinajstić information content (AvgIpc) is 3.25. The van der Waals surface area contributed by atoms with Gasteiger partial charge in [-0.25, -0.2) is 4.68 Å². The molecule has 1 saturated heterocycles. The number of rotatable bonds is 3. The Balaban J connectivity index is 1.95. The molecule has 128 valence electrons. The average molecular weight is 335 g/mol. The topological polar surface area (TPSA) is 62.5 Å². The standard InChI is InChI=1S/C19H21N5O/c1-4-16-7-8-17(14(2)11-16)24-12-15(3)18(22-24)21-19(20-13-25)23-9-5-6-10-23/h1,7-8,11-13H,5-6,9-10H2,2-3H3,(H,20,21,22,25). The Hall–Kier alpha value is -3.07. The maximum absolute atomic E-state index is 10.9. The SMILES string of the molecule is C#Cc1ccc(-n2cc(C)c(N=C(NC=O)N3CCCC3)n2)c(C)c1. The number of aromatic nitrogens is 2. The zero-order chi connectivity index (χ0) is 17.8. The Kier molecular flexibility index (Phi) is 4.85. The van der Waals surface area contributed by atoms with Crippen LogP contribution >= 0.6 is 0 Å². The van der Waals surface area contributed by atoms with Crippen molar-refractivity contribution in [3.63, 3.8) is 0 Å². The van der Waals surface area contributed by atoms with Gasteiger partial charge in [0.1, 0.15) is 0 Å². The maximum Gasteiger partial charge on any atom is 0.213 e. The first-order chi connectivity index (χ1) is 12.1. The molecule has 2 aromatic rings. The normalized spacial score (nSPS) is 14.4. The first kappa shape index (κ1) is 16.8. The van der Waals surface area contributed by atoms with Crippen molar-refractivity contribution in [1.82, 2.24) is 20.0 Å². The molecular formula is C19H21N5O. The molecule has 0 saturated carbocycles. The fraction of sp³-hybridized carbons (Fsp3) is 0.316. The van der Waals surface area contributed by atoms with Crippen LogP contribution < -0.4 is 5.32 Å². The summed E-state index contributed by atoms with van der Waals surface area (Å²) in [6.45, 7) is 5.74. The maximum atomic E-state index is 10.9. The van der Waals surface area contributed by atoms with Gasteiger partial charge >= 0.3 is 0 Å². The summed E-state index contributed by atoms with van der Waals surface area (Å²) in [6.07, 6.45) is 10.2. The predicted octanol–water partition coefficient (Wildman–Crippen LogP) is 2.30. The molecule has 2 heterocycles.